The Bertz CT molecular complexity index is 279. The summed E-state index contributed by atoms with van der Waals surface area (Å²) in [6.07, 6.45) is 0. The molecule has 70 valence electrons. The fourth-order valence-corrected chi connectivity index (χ4v) is 1.74. The lowest BCUT2D eigenvalue weighted by atomic mass is 10.0. The van der Waals surface area contributed by atoms with E-state index >= 15 is 0 Å². The highest BCUT2D eigenvalue weighted by atomic mass is 16.5. The number of hydrogen-bond donors (Lipinski definition) is 1. The molecule has 13 heavy (non-hydrogen) atoms. The second kappa shape index (κ2) is 3.90. The zero-order chi connectivity index (χ0) is 9.10. The van der Waals surface area contributed by atoms with Gasteiger partial charge >= 0.3 is 0 Å². The van der Waals surface area contributed by atoms with Gasteiger partial charge in [-0.2, -0.15) is 0 Å². The van der Waals surface area contributed by atoms with Crippen molar-refractivity contribution in [2.24, 2.45) is 0 Å². The van der Waals surface area contributed by atoms with Gasteiger partial charge in [-0.3, -0.25) is 0 Å². The first-order valence-corrected chi connectivity index (χ1v) is 4.74. The van der Waals surface area contributed by atoms with Gasteiger partial charge in [0.25, 0.3) is 0 Å². The van der Waals surface area contributed by atoms with Gasteiger partial charge in [0.05, 0.1) is 19.3 Å². The molecular weight excluding hydrogens is 162 g/mol. The van der Waals surface area contributed by atoms with Crippen LogP contribution in [-0.4, -0.2) is 19.8 Å². The molecule has 2 nitrogen and oxygen atoms in total. The predicted molar refractivity (Wildman–Crippen MR) is 52.7 cm³/mol. The van der Waals surface area contributed by atoms with Crippen molar-refractivity contribution >= 4 is 0 Å². The van der Waals surface area contributed by atoms with Crippen molar-refractivity contribution in [3.63, 3.8) is 0 Å². The van der Waals surface area contributed by atoms with Gasteiger partial charge in [0.15, 0.2) is 0 Å². The standard InChI is InChI=1S/C11H15NO/c1-9-4-2-3-5-10(9)11-8-13-7-6-12-11/h2-5,11-12H,6-8H2,1H3. The number of nitrogens with one attached hydrogen (secondary N) is 1. The van der Waals surface area contributed by atoms with E-state index in [0.29, 0.717) is 6.04 Å². The maximum atomic E-state index is 5.43. The summed E-state index contributed by atoms with van der Waals surface area (Å²) >= 11 is 0. The smallest absolute Gasteiger partial charge is 0.0662 e. The van der Waals surface area contributed by atoms with Crippen molar-refractivity contribution in [1.29, 1.82) is 0 Å². The minimum atomic E-state index is 0.384. The van der Waals surface area contributed by atoms with E-state index in [4.69, 9.17) is 4.74 Å². The fraction of sp³-hybridized carbons (Fsp3) is 0.455. The molecule has 0 spiro atoms. The second-order valence-electron chi connectivity index (χ2n) is 3.44. The first-order valence-electron chi connectivity index (χ1n) is 4.74. The van der Waals surface area contributed by atoms with Crippen molar-refractivity contribution < 1.29 is 4.74 Å². The molecule has 1 aliphatic heterocycles. The number of morpholine rings is 1. The van der Waals surface area contributed by atoms with Crippen molar-refractivity contribution in [2.75, 3.05) is 19.8 Å². The van der Waals surface area contributed by atoms with Crippen LogP contribution in [0.1, 0.15) is 17.2 Å². The van der Waals surface area contributed by atoms with E-state index in [1.54, 1.807) is 0 Å². The van der Waals surface area contributed by atoms with Gasteiger partial charge in [0, 0.05) is 6.54 Å². The molecule has 0 bridgehead atoms. The molecule has 1 aromatic carbocycles. The van der Waals surface area contributed by atoms with E-state index in [0.717, 1.165) is 19.8 Å². The summed E-state index contributed by atoms with van der Waals surface area (Å²) in [5, 5.41) is 3.45. The molecule has 1 aliphatic rings. The van der Waals surface area contributed by atoms with Gasteiger partial charge in [-0.05, 0) is 18.1 Å². The normalized spacial score (nSPS) is 23.0. The van der Waals surface area contributed by atoms with Crippen LogP contribution in [0, 0.1) is 6.92 Å². The Labute approximate surface area is 78.9 Å². The average Bonchev–Trinajstić information content (AvgIpc) is 2.20. The summed E-state index contributed by atoms with van der Waals surface area (Å²) in [5.41, 5.74) is 2.70. The van der Waals surface area contributed by atoms with Crippen LogP contribution in [0.4, 0.5) is 0 Å². The summed E-state index contributed by atoms with van der Waals surface area (Å²) < 4.78 is 5.43. The molecule has 1 N–H and O–H groups in total. The van der Waals surface area contributed by atoms with Crippen LogP contribution in [0.5, 0.6) is 0 Å². The highest BCUT2D eigenvalue weighted by Gasteiger charge is 2.15. The minimum Gasteiger partial charge on any atom is -0.378 e. The van der Waals surface area contributed by atoms with Crippen LogP contribution in [0.3, 0.4) is 0 Å². The number of aryl methyl sites for hydroxylation is 1. The molecule has 2 heteroatoms. The molecule has 0 saturated carbocycles. The van der Waals surface area contributed by atoms with Gasteiger partial charge in [0.2, 0.25) is 0 Å². The van der Waals surface area contributed by atoms with E-state index in [9.17, 15) is 0 Å². The van der Waals surface area contributed by atoms with Crippen molar-refractivity contribution in [1.82, 2.24) is 5.32 Å². The Morgan fingerprint density at radius 3 is 2.92 bits per heavy atom. The van der Waals surface area contributed by atoms with Gasteiger partial charge in [-0.25, -0.2) is 0 Å². The van der Waals surface area contributed by atoms with E-state index < -0.39 is 0 Å². The van der Waals surface area contributed by atoms with Crippen LogP contribution >= 0.6 is 0 Å². The first kappa shape index (κ1) is 8.73. The Morgan fingerprint density at radius 1 is 1.38 bits per heavy atom. The topological polar surface area (TPSA) is 21.3 Å². The zero-order valence-electron chi connectivity index (χ0n) is 7.92. The molecule has 1 heterocycles. The Balaban J connectivity index is 2.18. The number of rotatable bonds is 1. The molecule has 0 radical (unpaired) electrons. The second-order valence-corrected chi connectivity index (χ2v) is 3.44. The lowest BCUT2D eigenvalue weighted by Crippen LogP contribution is -2.34. The third-order valence-electron chi connectivity index (χ3n) is 2.49. The number of hydrogen-bond acceptors (Lipinski definition) is 2. The summed E-state index contributed by atoms with van der Waals surface area (Å²) in [5.74, 6) is 0. The first-order chi connectivity index (χ1) is 6.38. The Hall–Kier alpha value is -0.860. The maximum absolute atomic E-state index is 5.43. The van der Waals surface area contributed by atoms with Crippen LogP contribution in [0.2, 0.25) is 0 Å². The van der Waals surface area contributed by atoms with Gasteiger partial charge in [-0.1, -0.05) is 24.3 Å². The van der Waals surface area contributed by atoms with Crippen molar-refractivity contribution in [3.05, 3.63) is 35.4 Å². The molecule has 1 aromatic rings. The third kappa shape index (κ3) is 1.90. The molecular formula is C11H15NO. The summed E-state index contributed by atoms with van der Waals surface area (Å²) in [6, 6.07) is 8.85. The predicted octanol–water partition coefficient (Wildman–Crippen LogP) is 1.66. The van der Waals surface area contributed by atoms with E-state index in [1.807, 2.05) is 0 Å². The number of benzene rings is 1. The highest BCUT2D eigenvalue weighted by molar-refractivity contribution is 5.28. The summed E-state index contributed by atoms with van der Waals surface area (Å²) in [7, 11) is 0. The van der Waals surface area contributed by atoms with Crippen LogP contribution in [-0.2, 0) is 4.74 Å². The quantitative estimate of drug-likeness (QED) is 0.704. The van der Waals surface area contributed by atoms with E-state index in [-0.39, 0.29) is 0 Å². The molecule has 1 unspecified atom stereocenters. The maximum Gasteiger partial charge on any atom is 0.0662 e. The fourth-order valence-electron chi connectivity index (χ4n) is 1.74. The van der Waals surface area contributed by atoms with Crippen LogP contribution in [0.15, 0.2) is 24.3 Å². The molecule has 1 saturated heterocycles. The van der Waals surface area contributed by atoms with Crippen molar-refractivity contribution in [3.8, 4) is 0 Å². The van der Waals surface area contributed by atoms with E-state index in [2.05, 4.69) is 36.5 Å². The largest absolute Gasteiger partial charge is 0.378 e. The van der Waals surface area contributed by atoms with Crippen molar-refractivity contribution in [2.45, 2.75) is 13.0 Å². The van der Waals surface area contributed by atoms with Crippen LogP contribution < -0.4 is 5.32 Å². The summed E-state index contributed by atoms with van der Waals surface area (Å²) in [4.78, 5) is 0. The van der Waals surface area contributed by atoms with Gasteiger partial charge in [-0.15, -0.1) is 0 Å². The lowest BCUT2D eigenvalue weighted by Gasteiger charge is -2.25. The average molecular weight is 177 g/mol. The van der Waals surface area contributed by atoms with Gasteiger partial charge < -0.3 is 10.1 Å². The van der Waals surface area contributed by atoms with Gasteiger partial charge in [0.1, 0.15) is 0 Å². The zero-order valence-corrected chi connectivity index (χ0v) is 7.92. The van der Waals surface area contributed by atoms with Crippen LogP contribution in [0.25, 0.3) is 0 Å². The van der Waals surface area contributed by atoms with E-state index in [1.165, 1.54) is 11.1 Å². The molecule has 0 aliphatic carbocycles. The Morgan fingerprint density at radius 2 is 2.23 bits per heavy atom. The monoisotopic (exact) mass is 177 g/mol. The molecule has 1 fully saturated rings. The number of ether oxygens (including phenoxy) is 1. The third-order valence-corrected chi connectivity index (χ3v) is 2.49. The minimum absolute atomic E-state index is 0.384. The lowest BCUT2D eigenvalue weighted by molar-refractivity contribution is 0.0767. The highest BCUT2D eigenvalue weighted by Crippen LogP contribution is 2.18. The SMILES string of the molecule is Cc1ccccc1C1COCCN1. The molecule has 0 amide bonds. The summed E-state index contributed by atoms with van der Waals surface area (Å²) in [6.45, 7) is 4.73. The molecule has 1 atom stereocenters. The Kier molecular flexibility index (Phi) is 2.62. The molecule has 0 aromatic heterocycles. The molecule has 2 rings (SSSR count).